The van der Waals surface area contributed by atoms with Crippen molar-refractivity contribution in [3.63, 3.8) is 0 Å². The number of aromatic amines is 1. The van der Waals surface area contributed by atoms with Crippen molar-refractivity contribution in [2.24, 2.45) is 17.6 Å². The van der Waals surface area contributed by atoms with E-state index in [9.17, 15) is 48.6 Å². The zero-order chi connectivity index (χ0) is 47.5. The van der Waals surface area contributed by atoms with Crippen LogP contribution in [0, 0.1) is 11.8 Å². The zero-order valence-corrected chi connectivity index (χ0v) is 37.1. The summed E-state index contributed by atoms with van der Waals surface area (Å²) < 4.78 is 5.00. The number of para-hydroxylation sites is 1. The second-order valence-electron chi connectivity index (χ2n) is 16.0. The minimum absolute atomic E-state index is 0.0620. The Hall–Kier alpha value is -6.38. The van der Waals surface area contributed by atoms with E-state index >= 15 is 0 Å². The van der Waals surface area contributed by atoms with Crippen LogP contribution >= 0.6 is 0 Å². The van der Waals surface area contributed by atoms with Crippen molar-refractivity contribution in [1.29, 1.82) is 0 Å². The molecule has 0 bridgehead atoms. The normalized spacial score (nSPS) is 15.0. The highest BCUT2D eigenvalue weighted by Gasteiger charge is 2.34. The van der Waals surface area contributed by atoms with Gasteiger partial charge in [0.05, 0.1) is 32.7 Å². The number of carbonyl (C=O) groups is 8. The number of methoxy groups -OCH3 is 1. The molecule has 0 aliphatic carbocycles. The standard InChI is InChI=1S/C44H63N9O11/c1-7-25(4)38(43(62)52-34(44(63)64-6)19-28-21-46-30-16-12-11-15-29(28)30)53-37(57)22-47-39(58)32(18-27-13-9-8-10-14-27)50-41(60)33(20-36(45)56)51-40(59)31(17-24(2)3)49-42(61)35(23-54)48-26(5)55/h8-16,21,24-25,31-35,37-38,46,53-54,57H,7,17-20,22-23H2,1-6H3,(H2,45,56)(H,47,58)(H,48,55)(H,49,61)(H,50,60)(H,51,59)(H,52,62)/t25-,31-,32-,33-,34-,35-,37?,38-/m0/s1. The van der Waals surface area contributed by atoms with E-state index in [1.54, 1.807) is 57.3 Å². The van der Waals surface area contributed by atoms with Crippen molar-refractivity contribution in [1.82, 2.24) is 42.2 Å². The number of benzene rings is 2. The van der Waals surface area contributed by atoms with Crippen molar-refractivity contribution < 1.29 is 53.3 Å². The van der Waals surface area contributed by atoms with Gasteiger partial charge in [-0.15, -0.1) is 0 Å². The molecule has 350 valence electrons. The molecule has 0 fully saturated rings. The van der Waals surface area contributed by atoms with Crippen LogP contribution < -0.4 is 43.0 Å². The minimum Gasteiger partial charge on any atom is -0.467 e. The summed E-state index contributed by atoms with van der Waals surface area (Å²) in [6, 6.07) is 8.42. The number of aromatic nitrogens is 1. The topological polar surface area (TPSA) is 312 Å². The van der Waals surface area contributed by atoms with Crippen LogP contribution in [0.5, 0.6) is 0 Å². The fourth-order valence-corrected chi connectivity index (χ4v) is 6.87. The van der Waals surface area contributed by atoms with E-state index in [-0.39, 0.29) is 31.1 Å². The molecular weight excluding hydrogens is 831 g/mol. The molecule has 1 heterocycles. The lowest BCUT2D eigenvalue weighted by Crippen LogP contribution is -2.60. The average Bonchev–Trinajstić information content (AvgIpc) is 3.67. The van der Waals surface area contributed by atoms with Crippen LogP contribution in [0.25, 0.3) is 10.9 Å². The van der Waals surface area contributed by atoms with Gasteiger partial charge in [-0.25, -0.2) is 4.79 Å². The highest BCUT2D eigenvalue weighted by Crippen LogP contribution is 2.20. The number of nitrogens with two attached hydrogens (primary N) is 1. The molecule has 0 aliphatic heterocycles. The van der Waals surface area contributed by atoms with Gasteiger partial charge in [-0.05, 0) is 35.4 Å². The molecule has 12 N–H and O–H groups in total. The summed E-state index contributed by atoms with van der Waals surface area (Å²) in [5.41, 5.74) is 7.71. The van der Waals surface area contributed by atoms with Crippen molar-refractivity contribution in [2.75, 3.05) is 20.3 Å². The number of H-pyrrole nitrogens is 1. The molecule has 1 unspecified atom stereocenters. The predicted molar refractivity (Wildman–Crippen MR) is 235 cm³/mol. The molecule has 0 aliphatic rings. The van der Waals surface area contributed by atoms with Gasteiger partial charge >= 0.3 is 5.97 Å². The molecule has 3 rings (SSSR count). The van der Waals surface area contributed by atoms with Gasteiger partial charge in [0.2, 0.25) is 41.4 Å². The Bertz CT molecular complexity index is 2060. The fourth-order valence-electron chi connectivity index (χ4n) is 6.87. The Balaban J connectivity index is 1.77. The molecule has 0 spiro atoms. The van der Waals surface area contributed by atoms with Crippen LogP contribution in [0.3, 0.4) is 0 Å². The Morgan fingerprint density at radius 1 is 0.734 bits per heavy atom. The van der Waals surface area contributed by atoms with Gasteiger partial charge in [0, 0.05) is 36.9 Å². The first-order chi connectivity index (χ1) is 30.4. The molecule has 64 heavy (non-hydrogen) atoms. The van der Waals surface area contributed by atoms with Crippen molar-refractivity contribution >= 4 is 58.2 Å². The molecule has 0 radical (unpaired) electrons. The number of amides is 7. The third kappa shape index (κ3) is 16.4. The third-order valence-corrected chi connectivity index (χ3v) is 10.4. The quantitative estimate of drug-likeness (QED) is 0.0339. The smallest absolute Gasteiger partial charge is 0.328 e. The van der Waals surface area contributed by atoms with E-state index in [2.05, 4.69) is 42.2 Å². The average molecular weight is 894 g/mol. The van der Waals surface area contributed by atoms with Crippen molar-refractivity contribution in [3.05, 3.63) is 71.9 Å². The largest absolute Gasteiger partial charge is 0.467 e. The number of hydrogen-bond acceptors (Lipinski definition) is 12. The molecule has 20 heteroatoms. The molecule has 3 aromatic rings. The molecular formula is C44H63N9O11. The fraction of sp³-hybridized carbons (Fsp3) is 0.500. The number of hydrogen-bond donors (Lipinski definition) is 11. The summed E-state index contributed by atoms with van der Waals surface area (Å²) in [6.45, 7) is 7.10. The van der Waals surface area contributed by atoms with E-state index in [1.165, 1.54) is 7.11 Å². The van der Waals surface area contributed by atoms with Gasteiger partial charge < -0.3 is 57.6 Å². The molecule has 8 atom stereocenters. The number of esters is 1. The second-order valence-corrected chi connectivity index (χ2v) is 16.0. The van der Waals surface area contributed by atoms with Crippen molar-refractivity contribution in [2.45, 2.75) is 109 Å². The number of ether oxygens (including phenoxy) is 1. The van der Waals surface area contributed by atoms with Crippen LogP contribution in [0.15, 0.2) is 60.8 Å². The Kier molecular flexibility index (Phi) is 20.8. The van der Waals surface area contributed by atoms with E-state index in [0.29, 0.717) is 12.0 Å². The summed E-state index contributed by atoms with van der Waals surface area (Å²) in [6.07, 6.45) is 0.167. The number of nitrogens with one attached hydrogen (secondary N) is 8. The summed E-state index contributed by atoms with van der Waals surface area (Å²) in [4.78, 5) is 108. The Morgan fingerprint density at radius 3 is 1.94 bits per heavy atom. The van der Waals surface area contributed by atoms with E-state index < -0.39 is 109 Å². The zero-order valence-electron chi connectivity index (χ0n) is 37.1. The molecule has 7 amide bonds. The number of rotatable bonds is 26. The van der Waals surface area contributed by atoms with Gasteiger partial charge in [-0.3, -0.25) is 38.9 Å². The molecule has 0 saturated carbocycles. The Morgan fingerprint density at radius 2 is 1.33 bits per heavy atom. The monoisotopic (exact) mass is 893 g/mol. The van der Waals surface area contributed by atoms with E-state index in [1.807, 2.05) is 31.2 Å². The number of aliphatic hydroxyl groups is 2. The second kappa shape index (κ2) is 25.7. The van der Waals surface area contributed by atoms with Crippen LogP contribution in [0.4, 0.5) is 0 Å². The number of fused-ring (bicyclic) bond motifs is 1. The first-order valence-corrected chi connectivity index (χ1v) is 21.1. The summed E-state index contributed by atoms with van der Waals surface area (Å²) in [5.74, 6) is -6.84. The van der Waals surface area contributed by atoms with Crippen LogP contribution in [0.2, 0.25) is 0 Å². The van der Waals surface area contributed by atoms with Crippen LogP contribution in [0.1, 0.15) is 65.0 Å². The van der Waals surface area contributed by atoms with Crippen molar-refractivity contribution in [3.8, 4) is 0 Å². The minimum atomic E-state index is -1.61. The summed E-state index contributed by atoms with van der Waals surface area (Å²) in [7, 11) is 1.22. The number of primary amides is 1. The van der Waals surface area contributed by atoms with Crippen LogP contribution in [-0.2, 0) is 55.9 Å². The lowest BCUT2D eigenvalue weighted by Gasteiger charge is -2.29. The van der Waals surface area contributed by atoms with Gasteiger partial charge in [0.25, 0.3) is 0 Å². The SMILES string of the molecule is CC[C@H](C)[C@H](NC(O)CNC(=O)[C@H](Cc1ccccc1)NC(=O)[C@H](CC(N)=O)NC(=O)[C@H](CC(C)C)NC(=O)[C@H](CO)NC(C)=O)C(=O)N[C@@H](Cc1c[nH]c2ccccc12)C(=O)OC. The summed E-state index contributed by atoms with van der Waals surface area (Å²) in [5, 5.41) is 39.6. The van der Waals surface area contributed by atoms with E-state index in [0.717, 1.165) is 23.4 Å². The molecule has 2 aromatic carbocycles. The summed E-state index contributed by atoms with van der Waals surface area (Å²) >= 11 is 0. The third-order valence-electron chi connectivity index (χ3n) is 10.4. The maximum atomic E-state index is 13.8. The maximum absolute atomic E-state index is 13.8. The first-order valence-electron chi connectivity index (χ1n) is 21.1. The number of carbonyl (C=O) groups excluding carboxylic acids is 8. The van der Waals surface area contributed by atoms with Gasteiger partial charge in [0.1, 0.15) is 36.4 Å². The highest BCUT2D eigenvalue weighted by atomic mass is 16.5. The first kappa shape index (κ1) is 52.0. The van der Waals surface area contributed by atoms with Gasteiger partial charge in [0.15, 0.2) is 0 Å². The van der Waals surface area contributed by atoms with Gasteiger partial charge in [-0.2, -0.15) is 0 Å². The van der Waals surface area contributed by atoms with Gasteiger partial charge in [-0.1, -0.05) is 82.6 Å². The molecule has 20 nitrogen and oxygen atoms in total. The van der Waals surface area contributed by atoms with Crippen LogP contribution in [-0.4, -0.2) is 125 Å². The highest BCUT2D eigenvalue weighted by molar-refractivity contribution is 5.97. The number of aliphatic hydroxyl groups excluding tert-OH is 2. The predicted octanol–water partition coefficient (Wildman–Crippen LogP) is -1.08. The van der Waals surface area contributed by atoms with E-state index in [4.69, 9.17) is 10.5 Å². The lowest BCUT2D eigenvalue weighted by molar-refractivity contribution is -0.145. The Labute approximate surface area is 372 Å². The molecule has 1 aromatic heterocycles. The lowest BCUT2D eigenvalue weighted by atomic mass is 9.97. The molecule has 0 saturated heterocycles. The maximum Gasteiger partial charge on any atom is 0.328 e.